The summed E-state index contributed by atoms with van der Waals surface area (Å²) in [5.74, 6) is -9.59. The zero-order valence-electron chi connectivity index (χ0n) is 21.7. The quantitative estimate of drug-likeness (QED) is 0.299. The fraction of sp³-hybridized carbons (Fsp3) is 0.714. The topological polar surface area (TPSA) is 157 Å². The number of carbonyl (C=O) groups excluding carboxylic acids is 4. The molecule has 1 saturated carbocycles. The van der Waals surface area contributed by atoms with Crippen molar-refractivity contribution < 1.29 is 48.7 Å². The van der Waals surface area contributed by atoms with Gasteiger partial charge in [0.05, 0.1) is 29.3 Å². The summed E-state index contributed by atoms with van der Waals surface area (Å²) in [7, 11) is 0. The molecule has 4 saturated heterocycles. The van der Waals surface area contributed by atoms with Crippen molar-refractivity contribution in [2.45, 2.75) is 88.2 Å². The molecule has 0 aromatic carbocycles. The number of ether oxygens (including phenoxy) is 3. The van der Waals surface area contributed by atoms with Crippen molar-refractivity contribution >= 4 is 23.5 Å². The molecule has 7 rings (SSSR count). The number of aliphatic hydroxyl groups is 3. The SMILES string of the molecule is C[C@@H]1C(=O)O[C@@H]2C[C@@]1(C)C1C(=O)[C@@]3(O)O[C@@]14[C@@](O)(CCC1C3[C@H](O)C=C3CC=CC(=O)[C@@]31C)C(=O)O[C@@]24C. The lowest BCUT2D eigenvalue weighted by atomic mass is 9.46. The lowest BCUT2D eigenvalue weighted by molar-refractivity contribution is -0.350. The average Bonchev–Trinajstić information content (AvgIpc) is 3.19. The van der Waals surface area contributed by atoms with Gasteiger partial charge in [0.2, 0.25) is 5.79 Å². The van der Waals surface area contributed by atoms with E-state index in [0.29, 0.717) is 12.0 Å². The van der Waals surface area contributed by atoms with Crippen molar-refractivity contribution in [2.24, 2.45) is 34.5 Å². The largest absolute Gasteiger partial charge is 0.458 e. The summed E-state index contributed by atoms with van der Waals surface area (Å²) >= 11 is 0. The van der Waals surface area contributed by atoms with Gasteiger partial charge in [-0.05, 0) is 56.9 Å². The van der Waals surface area contributed by atoms with Gasteiger partial charge in [0.15, 0.2) is 28.4 Å². The van der Waals surface area contributed by atoms with Crippen LogP contribution in [0, 0.1) is 34.5 Å². The van der Waals surface area contributed by atoms with Crippen molar-refractivity contribution in [1.29, 1.82) is 0 Å². The van der Waals surface area contributed by atoms with Crippen LogP contribution in [0.5, 0.6) is 0 Å². The maximum absolute atomic E-state index is 14.6. The second-order valence-corrected chi connectivity index (χ2v) is 13.1. The van der Waals surface area contributed by atoms with E-state index in [1.165, 1.54) is 19.1 Å². The predicted octanol–water partition coefficient (Wildman–Crippen LogP) is 0.510. The number of carbonyl (C=O) groups is 4. The standard InChI is InChI=1S/C28H32O10/c1-12-21(32)36-17-11-23(12,2)19-20(31)27(35)18-14(24(3)13(10-15(18)29)6-5-7-16(24)30)8-9-26(34)22(33)37-25(17,4)28(19,26)38-27/h5,7,10,12,14-15,17-19,29,34-35H,6,8-9,11H2,1-4H3/t12-,14?,15-,17-,18?,19?,23-,24+,25+,26-,27+,28+/m1/s1. The molecule has 4 heterocycles. The van der Waals surface area contributed by atoms with Crippen LogP contribution in [0.2, 0.25) is 0 Å². The first-order valence-corrected chi connectivity index (χ1v) is 13.4. The first-order valence-electron chi connectivity index (χ1n) is 13.4. The van der Waals surface area contributed by atoms with Gasteiger partial charge >= 0.3 is 11.9 Å². The highest BCUT2D eigenvalue weighted by atomic mass is 16.7. The molecular weight excluding hydrogens is 496 g/mol. The molecule has 38 heavy (non-hydrogen) atoms. The summed E-state index contributed by atoms with van der Waals surface area (Å²) in [6.07, 6.45) is 2.66. The number of Topliss-reactive ketones (excluding diaryl/α,β-unsaturated/α-hetero) is 1. The Morgan fingerprint density at radius 3 is 2.50 bits per heavy atom. The highest BCUT2D eigenvalue weighted by Gasteiger charge is 2.92. The molecule has 0 aromatic rings. The van der Waals surface area contributed by atoms with E-state index in [-0.39, 0.29) is 25.0 Å². The Morgan fingerprint density at radius 2 is 1.79 bits per heavy atom. The Morgan fingerprint density at radius 1 is 1.08 bits per heavy atom. The molecule has 0 aromatic heterocycles. The van der Waals surface area contributed by atoms with Gasteiger partial charge in [-0.2, -0.15) is 0 Å². The second kappa shape index (κ2) is 6.66. The minimum absolute atomic E-state index is 0.0287. The fourth-order valence-corrected chi connectivity index (χ4v) is 9.51. The van der Waals surface area contributed by atoms with Crippen molar-refractivity contribution in [3.05, 3.63) is 23.8 Å². The zero-order chi connectivity index (χ0) is 27.4. The van der Waals surface area contributed by atoms with E-state index in [0.717, 1.165) is 0 Å². The van der Waals surface area contributed by atoms with Crippen LogP contribution in [0.4, 0.5) is 0 Å². The fourth-order valence-electron chi connectivity index (χ4n) is 9.51. The Bertz CT molecular complexity index is 1300. The van der Waals surface area contributed by atoms with Crippen LogP contribution in [0.25, 0.3) is 0 Å². The van der Waals surface area contributed by atoms with E-state index in [2.05, 4.69) is 0 Å². The first kappa shape index (κ1) is 24.6. The van der Waals surface area contributed by atoms with Crippen LogP contribution < -0.4 is 0 Å². The van der Waals surface area contributed by atoms with Crippen LogP contribution in [0.15, 0.2) is 23.8 Å². The smallest absolute Gasteiger partial charge is 0.342 e. The number of rotatable bonds is 0. The molecule has 4 bridgehead atoms. The highest BCUT2D eigenvalue weighted by molar-refractivity contribution is 6.01. The maximum Gasteiger partial charge on any atom is 0.342 e. The Balaban J connectivity index is 1.52. The number of allylic oxidation sites excluding steroid dienone is 3. The van der Waals surface area contributed by atoms with Crippen molar-refractivity contribution in [3.63, 3.8) is 0 Å². The molecular formula is C28H32O10. The molecule has 0 amide bonds. The third-order valence-electron chi connectivity index (χ3n) is 11.8. The minimum Gasteiger partial charge on any atom is -0.458 e. The van der Waals surface area contributed by atoms with Crippen LogP contribution in [-0.4, -0.2) is 73.6 Å². The molecule has 3 N–H and O–H groups in total. The van der Waals surface area contributed by atoms with E-state index in [9.17, 15) is 34.5 Å². The first-order chi connectivity index (χ1) is 17.6. The van der Waals surface area contributed by atoms with Crippen LogP contribution in [0.1, 0.15) is 53.4 Å². The molecule has 10 nitrogen and oxygen atoms in total. The lowest BCUT2D eigenvalue weighted by Gasteiger charge is -2.61. The Hall–Kier alpha value is -2.40. The molecule has 7 aliphatic rings. The average molecular weight is 529 g/mol. The minimum atomic E-state index is -2.67. The lowest BCUT2D eigenvalue weighted by Crippen LogP contribution is -2.78. The van der Waals surface area contributed by atoms with Gasteiger partial charge in [-0.25, -0.2) is 4.79 Å². The predicted molar refractivity (Wildman–Crippen MR) is 126 cm³/mol. The van der Waals surface area contributed by atoms with Crippen LogP contribution >= 0.6 is 0 Å². The summed E-state index contributed by atoms with van der Waals surface area (Å²) in [6.45, 7) is 6.53. The number of hydrogen-bond donors (Lipinski definition) is 3. The number of aliphatic hydroxyl groups excluding tert-OH is 1. The molecule has 10 heteroatoms. The molecule has 3 aliphatic carbocycles. The molecule has 1 spiro atoms. The van der Waals surface area contributed by atoms with Crippen LogP contribution in [0.3, 0.4) is 0 Å². The summed E-state index contributed by atoms with van der Waals surface area (Å²) in [6, 6.07) is 0. The molecule has 12 atom stereocenters. The molecule has 3 unspecified atom stereocenters. The number of hydrogen-bond acceptors (Lipinski definition) is 10. The van der Waals surface area contributed by atoms with Crippen molar-refractivity contribution in [3.8, 4) is 0 Å². The van der Waals surface area contributed by atoms with E-state index >= 15 is 0 Å². The third kappa shape index (κ3) is 2.19. The number of ketones is 2. The summed E-state index contributed by atoms with van der Waals surface area (Å²) in [4.78, 5) is 54.6. The highest BCUT2D eigenvalue weighted by Crippen LogP contribution is 2.73. The van der Waals surface area contributed by atoms with E-state index in [4.69, 9.17) is 14.2 Å². The molecule has 4 aliphatic heterocycles. The van der Waals surface area contributed by atoms with Gasteiger partial charge in [0.1, 0.15) is 6.10 Å². The Labute approximate surface area is 219 Å². The monoisotopic (exact) mass is 528 g/mol. The van der Waals surface area contributed by atoms with E-state index in [1.807, 2.05) is 0 Å². The molecule has 204 valence electrons. The maximum atomic E-state index is 14.6. The normalized spacial score (nSPS) is 58.1. The summed E-state index contributed by atoms with van der Waals surface area (Å²) in [5.41, 5.74) is -7.93. The second-order valence-electron chi connectivity index (χ2n) is 13.1. The number of esters is 2. The van der Waals surface area contributed by atoms with Gasteiger partial charge in [-0.15, -0.1) is 0 Å². The number of fused-ring (bicyclic) bond motifs is 9. The van der Waals surface area contributed by atoms with Gasteiger partial charge in [0.25, 0.3) is 0 Å². The Kier molecular flexibility index (Phi) is 4.31. The van der Waals surface area contributed by atoms with Crippen molar-refractivity contribution in [2.75, 3.05) is 0 Å². The van der Waals surface area contributed by atoms with E-state index < -0.39 is 87.0 Å². The third-order valence-corrected chi connectivity index (χ3v) is 11.8. The van der Waals surface area contributed by atoms with Gasteiger partial charge < -0.3 is 29.5 Å². The zero-order valence-corrected chi connectivity index (χ0v) is 21.7. The van der Waals surface area contributed by atoms with E-state index in [1.54, 1.807) is 26.8 Å². The molecule has 0 radical (unpaired) electrons. The van der Waals surface area contributed by atoms with Gasteiger partial charge in [-0.1, -0.05) is 31.6 Å². The van der Waals surface area contributed by atoms with Gasteiger partial charge in [-0.3, -0.25) is 14.4 Å². The summed E-state index contributed by atoms with van der Waals surface area (Å²) < 4.78 is 18.0. The molecule has 5 fully saturated rings. The summed E-state index contributed by atoms with van der Waals surface area (Å²) in [5, 5.41) is 36.1. The van der Waals surface area contributed by atoms with Crippen molar-refractivity contribution in [1.82, 2.24) is 0 Å². The van der Waals surface area contributed by atoms with Gasteiger partial charge in [0, 0.05) is 0 Å². The van der Waals surface area contributed by atoms with Crippen LogP contribution in [-0.2, 0) is 33.4 Å².